The summed E-state index contributed by atoms with van der Waals surface area (Å²) in [6.45, 7) is 5.28. The van der Waals surface area contributed by atoms with Gasteiger partial charge < -0.3 is 9.84 Å². The number of ether oxygens (including phenoxy) is 1. The standard InChI is InChI=1S/C12H18O4/c1-5-8-9(11(14)16-4)10(13)7(3)12(8,15)6-2/h7,15H,5-6H2,1-4H3/t7-,12+/m1/s1. The van der Waals surface area contributed by atoms with Gasteiger partial charge in [0.15, 0.2) is 5.78 Å². The third-order valence-electron chi connectivity index (χ3n) is 3.46. The summed E-state index contributed by atoms with van der Waals surface area (Å²) in [7, 11) is 1.24. The van der Waals surface area contributed by atoms with Crippen LogP contribution in [0.15, 0.2) is 11.1 Å². The lowest BCUT2D eigenvalue weighted by Gasteiger charge is -2.28. The first kappa shape index (κ1) is 12.9. The molecule has 0 saturated heterocycles. The Labute approximate surface area is 95.3 Å². The molecule has 0 heterocycles. The second kappa shape index (κ2) is 4.37. The molecule has 0 radical (unpaired) electrons. The number of methoxy groups -OCH3 is 1. The molecule has 2 atom stereocenters. The molecular formula is C12H18O4. The number of rotatable bonds is 3. The van der Waals surface area contributed by atoms with E-state index in [-0.39, 0.29) is 11.4 Å². The van der Waals surface area contributed by atoms with Crippen molar-refractivity contribution in [1.82, 2.24) is 0 Å². The summed E-state index contributed by atoms with van der Waals surface area (Å²) in [6, 6.07) is 0. The number of carbonyl (C=O) groups is 2. The van der Waals surface area contributed by atoms with Crippen LogP contribution in [0.2, 0.25) is 0 Å². The molecule has 90 valence electrons. The van der Waals surface area contributed by atoms with Crippen molar-refractivity contribution in [2.45, 2.75) is 39.2 Å². The molecule has 0 aromatic carbocycles. The average molecular weight is 226 g/mol. The minimum Gasteiger partial charge on any atom is -0.465 e. The quantitative estimate of drug-likeness (QED) is 0.580. The summed E-state index contributed by atoms with van der Waals surface area (Å²) in [5.41, 5.74) is -0.628. The zero-order valence-electron chi connectivity index (χ0n) is 10.2. The number of hydrogen-bond acceptors (Lipinski definition) is 4. The molecule has 0 aliphatic heterocycles. The highest BCUT2D eigenvalue weighted by Crippen LogP contribution is 2.42. The minimum atomic E-state index is -1.19. The second-order valence-electron chi connectivity index (χ2n) is 4.06. The fourth-order valence-corrected chi connectivity index (χ4v) is 2.39. The van der Waals surface area contributed by atoms with Gasteiger partial charge in [-0.25, -0.2) is 4.79 Å². The topological polar surface area (TPSA) is 63.6 Å². The van der Waals surface area contributed by atoms with E-state index in [1.54, 1.807) is 13.8 Å². The van der Waals surface area contributed by atoms with Gasteiger partial charge in [-0.3, -0.25) is 4.79 Å². The summed E-state index contributed by atoms with van der Waals surface area (Å²) in [5.74, 6) is -1.52. The van der Waals surface area contributed by atoms with Crippen LogP contribution in [0.5, 0.6) is 0 Å². The Morgan fingerprint density at radius 2 is 2.06 bits per heavy atom. The molecule has 0 amide bonds. The Morgan fingerprint density at radius 1 is 1.50 bits per heavy atom. The maximum absolute atomic E-state index is 11.9. The van der Waals surface area contributed by atoms with Crippen LogP contribution in [0.4, 0.5) is 0 Å². The minimum absolute atomic E-state index is 0.0434. The molecule has 1 N–H and O–H groups in total. The van der Waals surface area contributed by atoms with Crippen molar-refractivity contribution in [3.8, 4) is 0 Å². The van der Waals surface area contributed by atoms with Crippen LogP contribution in [0.1, 0.15) is 33.6 Å². The average Bonchev–Trinajstić information content (AvgIpc) is 2.49. The van der Waals surface area contributed by atoms with Gasteiger partial charge in [0.1, 0.15) is 5.57 Å². The van der Waals surface area contributed by atoms with Crippen LogP contribution >= 0.6 is 0 Å². The molecule has 0 saturated carbocycles. The molecule has 0 aromatic heterocycles. The van der Waals surface area contributed by atoms with Crippen molar-refractivity contribution >= 4 is 11.8 Å². The predicted octanol–water partition coefficient (Wildman–Crippen LogP) is 1.23. The summed E-state index contributed by atoms with van der Waals surface area (Å²) in [4.78, 5) is 23.5. The molecule has 0 unspecified atom stereocenters. The van der Waals surface area contributed by atoms with Gasteiger partial charge in [-0.05, 0) is 18.4 Å². The number of esters is 1. The lowest BCUT2D eigenvalue weighted by molar-refractivity contribution is -0.138. The van der Waals surface area contributed by atoms with E-state index >= 15 is 0 Å². The smallest absolute Gasteiger partial charge is 0.341 e. The fraction of sp³-hybridized carbons (Fsp3) is 0.667. The molecule has 0 bridgehead atoms. The van der Waals surface area contributed by atoms with Gasteiger partial charge in [0.05, 0.1) is 18.6 Å². The van der Waals surface area contributed by atoms with E-state index < -0.39 is 17.5 Å². The highest BCUT2D eigenvalue weighted by atomic mass is 16.5. The molecule has 0 fully saturated rings. The first-order valence-electron chi connectivity index (χ1n) is 5.52. The van der Waals surface area contributed by atoms with Crippen LogP contribution in [-0.4, -0.2) is 29.6 Å². The molecule has 1 rings (SSSR count). The molecule has 1 aliphatic rings. The summed E-state index contributed by atoms with van der Waals surface area (Å²) >= 11 is 0. The Bertz CT molecular complexity index is 356. The van der Waals surface area contributed by atoms with Crippen molar-refractivity contribution in [1.29, 1.82) is 0 Å². The molecular weight excluding hydrogens is 208 g/mol. The van der Waals surface area contributed by atoms with Crippen LogP contribution in [-0.2, 0) is 14.3 Å². The van der Waals surface area contributed by atoms with Crippen molar-refractivity contribution in [3.05, 3.63) is 11.1 Å². The summed E-state index contributed by atoms with van der Waals surface area (Å²) in [5, 5.41) is 10.4. The zero-order valence-corrected chi connectivity index (χ0v) is 10.2. The van der Waals surface area contributed by atoms with Crippen LogP contribution in [0.25, 0.3) is 0 Å². The van der Waals surface area contributed by atoms with Crippen LogP contribution in [0, 0.1) is 5.92 Å². The molecule has 16 heavy (non-hydrogen) atoms. The zero-order chi connectivity index (χ0) is 12.5. The van der Waals surface area contributed by atoms with Gasteiger partial charge >= 0.3 is 5.97 Å². The van der Waals surface area contributed by atoms with Gasteiger partial charge in [-0.2, -0.15) is 0 Å². The molecule has 0 aromatic rings. The number of Topliss-reactive ketones (excluding diaryl/α,β-unsaturated/α-hetero) is 1. The Balaban J connectivity index is 3.34. The van der Waals surface area contributed by atoms with Gasteiger partial charge in [0, 0.05) is 0 Å². The SMILES string of the molecule is CCC1=C(C(=O)OC)C(=O)[C@@H](C)[C@@]1(O)CC. The normalized spacial score (nSPS) is 29.8. The van der Waals surface area contributed by atoms with Crippen molar-refractivity contribution < 1.29 is 19.4 Å². The Hall–Kier alpha value is -1.16. The molecule has 4 nitrogen and oxygen atoms in total. The van der Waals surface area contributed by atoms with E-state index in [0.29, 0.717) is 18.4 Å². The van der Waals surface area contributed by atoms with Gasteiger partial charge in [-0.15, -0.1) is 0 Å². The molecule has 1 aliphatic carbocycles. The van der Waals surface area contributed by atoms with Crippen molar-refractivity contribution in [2.24, 2.45) is 5.92 Å². The second-order valence-corrected chi connectivity index (χ2v) is 4.06. The summed E-state index contributed by atoms with van der Waals surface area (Å²) in [6.07, 6.45) is 0.897. The lowest BCUT2D eigenvalue weighted by Crippen LogP contribution is -2.36. The van der Waals surface area contributed by atoms with Gasteiger partial charge in [0.2, 0.25) is 0 Å². The Kier molecular flexibility index (Phi) is 3.53. The van der Waals surface area contributed by atoms with E-state index in [2.05, 4.69) is 4.74 Å². The van der Waals surface area contributed by atoms with Crippen LogP contribution in [0.3, 0.4) is 0 Å². The fourth-order valence-electron chi connectivity index (χ4n) is 2.39. The monoisotopic (exact) mass is 226 g/mol. The van der Waals surface area contributed by atoms with Crippen molar-refractivity contribution in [2.75, 3.05) is 7.11 Å². The third kappa shape index (κ3) is 1.57. The van der Waals surface area contributed by atoms with E-state index in [0.717, 1.165) is 0 Å². The first-order valence-corrected chi connectivity index (χ1v) is 5.52. The maximum Gasteiger partial charge on any atom is 0.341 e. The first-order chi connectivity index (χ1) is 7.43. The number of aliphatic hydroxyl groups is 1. The van der Waals surface area contributed by atoms with Crippen molar-refractivity contribution in [3.63, 3.8) is 0 Å². The number of hydrogen-bond donors (Lipinski definition) is 1. The van der Waals surface area contributed by atoms with E-state index in [4.69, 9.17) is 0 Å². The highest BCUT2D eigenvalue weighted by molar-refractivity contribution is 6.21. The van der Waals surface area contributed by atoms with Crippen LogP contribution < -0.4 is 0 Å². The highest BCUT2D eigenvalue weighted by Gasteiger charge is 2.50. The molecule has 4 heteroatoms. The van der Waals surface area contributed by atoms with Gasteiger partial charge in [-0.1, -0.05) is 20.8 Å². The lowest BCUT2D eigenvalue weighted by atomic mass is 9.83. The number of ketones is 1. The Morgan fingerprint density at radius 3 is 2.44 bits per heavy atom. The van der Waals surface area contributed by atoms with E-state index in [1.165, 1.54) is 7.11 Å². The predicted molar refractivity (Wildman–Crippen MR) is 58.7 cm³/mol. The maximum atomic E-state index is 11.9. The largest absolute Gasteiger partial charge is 0.465 e. The number of carbonyl (C=O) groups excluding carboxylic acids is 2. The van der Waals surface area contributed by atoms with E-state index in [9.17, 15) is 14.7 Å². The molecule has 0 spiro atoms. The third-order valence-corrected chi connectivity index (χ3v) is 3.46. The van der Waals surface area contributed by atoms with Gasteiger partial charge in [0.25, 0.3) is 0 Å². The van der Waals surface area contributed by atoms with E-state index in [1.807, 2.05) is 6.92 Å². The summed E-state index contributed by atoms with van der Waals surface area (Å²) < 4.78 is 4.59.